The van der Waals surface area contributed by atoms with Crippen LogP contribution in [0.4, 0.5) is 5.69 Å². The third-order valence-electron chi connectivity index (χ3n) is 4.46. The standard InChI is InChI=1S/C17H14N4O2S3/c18-16(24)20-10-17(20,8-11-3-5-12(6-4-11)21(22)23)14-9-26-15(19-14)13-2-1-7-25-13/h1-7,9H,8,10H2,(H2,18,24). The average Bonchev–Trinajstić information content (AvgIpc) is 3.01. The Morgan fingerprint density at radius 3 is 2.69 bits per heavy atom. The normalized spacial score (nSPS) is 18.7. The highest BCUT2D eigenvalue weighted by molar-refractivity contribution is 7.80. The number of aromatic nitrogens is 1. The van der Waals surface area contributed by atoms with E-state index in [1.165, 1.54) is 12.1 Å². The largest absolute Gasteiger partial charge is 0.376 e. The van der Waals surface area contributed by atoms with Gasteiger partial charge < -0.3 is 10.6 Å². The Balaban J connectivity index is 1.64. The first kappa shape index (κ1) is 17.1. The second-order valence-electron chi connectivity index (χ2n) is 6.07. The molecular formula is C17H14N4O2S3. The summed E-state index contributed by atoms with van der Waals surface area (Å²) in [5.74, 6) is 0. The number of benzene rings is 1. The van der Waals surface area contributed by atoms with Crippen molar-refractivity contribution in [3.8, 4) is 9.88 Å². The molecule has 1 aromatic carbocycles. The van der Waals surface area contributed by atoms with E-state index < -0.39 is 4.92 Å². The van der Waals surface area contributed by atoms with Crippen molar-refractivity contribution in [2.24, 2.45) is 5.73 Å². The Bertz CT molecular complexity index is 968. The number of thiazole rings is 1. The number of hydrogen-bond donors (Lipinski definition) is 1. The Morgan fingerprint density at radius 2 is 2.12 bits per heavy atom. The number of rotatable bonds is 5. The summed E-state index contributed by atoms with van der Waals surface area (Å²) in [6.45, 7) is 0.701. The molecule has 0 radical (unpaired) electrons. The second-order valence-corrected chi connectivity index (χ2v) is 8.30. The maximum absolute atomic E-state index is 10.8. The van der Waals surface area contributed by atoms with Gasteiger partial charge in [-0.05, 0) is 29.2 Å². The number of thiophene rings is 1. The van der Waals surface area contributed by atoms with E-state index in [2.05, 4.69) is 11.4 Å². The predicted molar refractivity (Wildman–Crippen MR) is 107 cm³/mol. The summed E-state index contributed by atoms with van der Waals surface area (Å²) in [5, 5.41) is 16.3. The smallest absolute Gasteiger partial charge is 0.269 e. The van der Waals surface area contributed by atoms with Crippen molar-refractivity contribution in [3.63, 3.8) is 0 Å². The summed E-state index contributed by atoms with van der Waals surface area (Å²) >= 11 is 8.44. The highest BCUT2D eigenvalue weighted by atomic mass is 32.1. The van der Waals surface area contributed by atoms with Gasteiger partial charge in [-0.2, -0.15) is 0 Å². The van der Waals surface area contributed by atoms with Crippen molar-refractivity contribution in [2.75, 3.05) is 6.54 Å². The van der Waals surface area contributed by atoms with Gasteiger partial charge in [-0.1, -0.05) is 18.2 Å². The number of nitro benzene ring substituents is 1. The van der Waals surface area contributed by atoms with Gasteiger partial charge in [0.1, 0.15) is 10.5 Å². The van der Waals surface area contributed by atoms with Crippen LogP contribution >= 0.6 is 34.9 Å². The molecule has 9 heteroatoms. The molecular weight excluding hydrogens is 388 g/mol. The number of nitrogens with two attached hydrogens (primary N) is 1. The lowest BCUT2D eigenvalue weighted by Gasteiger charge is -2.16. The van der Waals surface area contributed by atoms with Gasteiger partial charge in [0.25, 0.3) is 5.69 Å². The molecule has 1 atom stereocenters. The topological polar surface area (TPSA) is 85.1 Å². The first-order valence-electron chi connectivity index (χ1n) is 7.80. The van der Waals surface area contributed by atoms with Crippen molar-refractivity contribution >= 4 is 45.7 Å². The summed E-state index contributed by atoms with van der Waals surface area (Å²) in [7, 11) is 0. The zero-order chi connectivity index (χ0) is 18.3. The van der Waals surface area contributed by atoms with Gasteiger partial charge in [-0.3, -0.25) is 10.1 Å². The van der Waals surface area contributed by atoms with Gasteiger partial charge in [0.05, 0.1) is 22.0 Å². The summed E-state index contributed by atoms with van der Waals surface area (Å²) in [5.41, 5.74) is 7.52. The molecule has 1 unspecified atom stereocenters. The summed E-state index contributed by atoms with van der Waals surface area (Å²) in [4.78, 5) is 18.4. The van der Waals surface area contributed by atoms with Crippen LogP contribution in [0.3, 0.4) is 0 Å². The van der Waals surface area contributed by atoms with Crippen molar-refractivity contribution in [1.29, 1.82) is 0 Å². The van der Waals surface area contributed by atoms with Gasteiger partial charge in [0.15, 0.2) is 5.11 Å². The predicted octanol–water partition coefficient (Wildman–Crippen LogP) is 3.78. The van der Waals surface area contributed by atoms with E-state index in [9.17, 15) is 10.1 Å². The van der Waals surface area contributed by atoms with Gasteiger partial charge in [-0.25, -0.2) is 4.98 Å². The zero-order valence-electron chi connectivity index (χ0n) is 13.5. The van der Waals surface area contributed by atoms with E-state index in [1.807, 2.05) is 16.3 Å². The SMILES string of the molecule is NC(=S)N1CC1(Cc1ccc([N+](=O)[O-])cc1)c1csc(-c2cccs2)n1. The molecule has 4 rings (SSSR count). The van der Waals surface area contributed by atoms with E-state index in [0.29, 0.717) is 18.1 Å². The fourth-order valence-corrected chi connectivity index (χ4v) is 5.02. The molecule has 2 aromatic heterocycles. The van der Waals surface area contributed by atoms with Crippen molar-refractivity contribution in [1.82, 2.24) is 9.88 Å². The number of non-ortho nitro benzene ring substituents is 1. The maximum Gasteiger partial charge on any atom is 0.269 e. The van der Waals surface area contributed by atoms with E-state index in [1.54, 1.807) is 34.8 Å². The number of nitrogens with zero attached hydrogens (tertiary/aromatic N) is 3. The first-order chi connectivity index (χ1) is 12.5. The average molecular weight is 403 g/mol. The molecule has 6 nitrogen and oxygen atoms in total. The quantitative estimate of drug-likeness (QED) is 0.303. The fourth-order valence-electron chi connectivity index (χ4n) is 3.05. The molecule has 1 saturated heterocycles. The minimum Gasteiger partial charge on any atom is -0.376 e. The van der Waals surface area contributed by atoms with E-state index >= 15 is 0 Å². The number of hydrogen-bond acceptors (Lipinski definition) is 6. The Morgan fingerprint density at radius 1 is 1.35 bits per heavy atom. The summed E-state index contributed by atoms with van der Waals surface area (Å²) < 4.78 is 0. The Kier molecular flexibility index (Phi) is 4.22. The lowest BCUT2D eigenvalue weighted by atomic mass is 9.96. The second kappa shape index (κ2) is 6.42. The van der Waals surface area contributed by atoms with Crippen molar-refractivity contribution < 1.29 is 4.92 Å². The Hall–Kier alpha value is -2.36. The number of nitro groups is 1. The first-order valence-corrected chi connectivity index (χ1v) is 9.97. The molecule has 132 valence electrons. The maximum atomic E-state index is 10.8. The molecule has 0 amide bonds. The van der Waals surface area contributed by atoms with Crippen LogP contribution in [0.25, 0.3) is 9.88 Å². The molecule has 0 aliphatic carbocycles. The van der Waals surface area contributed by atoms with Gasteiger partial charge in [0, 0.05) is 23.9 Å². The van der Waals surface area contributed by atoms with Crippen LogP contribution < -0.4 is 5.73 Å². The monoisotopic (exact) mass is 402 g/mol. The molecule has 1 fully saturated rings. The molecule has 0 spiro atoms. The molecule has 0 saturated carbocycles. The molecule has 2 N–H and O–H groups in total. The van der Waals surface area contributed by atoms with E-state index in [4.69, 9.17) is 22.9 Å². The molecule has 1 aliphatic heterocycles. The van der Waals surface area contributed by atoms with Crippen LogP contribution in [0.5, 0.6) is 0 Å². The van der Waals surface area contributed by atoms with Gasteiger partial charge in [-0.15, -0.1) is 22.7 Å². The number of thiocarbonyl (C=S) groups is 1. The zero-order valence-corrected chi connectivity index (χ0v) is 15.9. The highest BCUT2D eigenvalue weighted by Gasteiger charge is 2.55. The van der Waals surface area contributed by atoms with Crippen LogP contribution in [0, 0.1) is 10.1 Å². The summed E-state index contributed by atoms with van der Waals surface area (Å²) in [6.07, 6.45) is 0.649. The van der Waals surface area contributed by atoms with Crippen molar-refractivity contribution in [2.45, 2.75) is 12.0 Å². The minimum atomic E-state index is -0.397. The molecule has 0 bridgehead atoms. The van der Waals surface area contributed by atoms with Crippen LogP contribution in [0.2, 0.25) is 0 Å². The minimum absolute atomic E-state index is 0.0819. The van der Waals surface area contributed by atoms with Crippen molar-refractivity contribution in [3.05, 3.63) is 68.5 Å². The van der Waals surface area contributed by atoms with Crippen LogP contribution in [-0.2, 0) is 12.0 Å². The third kappa shape index (κ3) is 2.98. The summed E-state index contributed by atoms with van der Waals surface area (Å²) in [6, 6.07) is 10.7. The van der Waals surface area contributed by atoms with E-state index in [-0.39, 0.29) is 11.2 Å². The third-order valence-corrected chi connectivity index (χ3v) is 6.56. The lowest BCUT2D eigenvalue weighted by molar-refractivity contribution is -0.384. The van der Waals surface area contributed by atoms with Gasteiger partial charge in [0.2, 0.25) is 0 Å². The molecule has 1 aliphatic rings. The lowest BCUT2D eigenvalue weighted by Crippen LogP contribution is -2.28. The molecule has 3 heterocycles. The highest BCUT2D eigenvalue weighted by Crippen LogP contribution is 2.46. The van der Waals surface area contributed by atoms with Crippen LogP contribution in [0.15, 0.2) is 47.2 Å². The fraction of sp³-hybridized carbons (Fsp3) is 0.176. The Labute approximate surface area is 163 Å². The molecule has 26 heavy (non-hydrogen) atoms. The van der Waals surface area contributed by atoms with E-state index in [0.717, 1.165) is 21.1 Å². The van der Waals surface area contributed by atoms with Crippen LogP contribution in [-0.4, -0.2) is 26.5 Å². The molecule has 3 aromatic rings. The van der Waals surface area contributed by atoms with Crippen LogP contribution in [0.1, 0.15) is 11.3 Å². The van der Waals surface area contributed by atoms with Gasteiger partial charge >= 0.3 is 0 Å².